The third-order valence-electron chi connectivity index (χ3n) is 3.68. The molecule has 1 aliphatic heterocycles. The summed E-state index contributed by atoms with van der Waals surface area (Å²) in [6.07, 6.45) is 3.81. The Bertz CT molecular complexity index is 433. The second-order valence-electron chi connectivity index (χ2n) is 5.09. The molecule has 1 N–H and O–H groups in total. The second-order valence-corrected chi connectivity index (χ2v) is 6.12. The number of thiophene rings is 1. The number of carbonyl (C=O) groups excluding carboxylic acids is 1. The van der Waals surface area contributed by atoms with E-state index in [2.05, 4.69) is 11.5 Å². The average molecular weight is 294 g/mol. The van der Waals surface area contributed by atoms with E-state index in [4.69, 9.17) is 0 Å². The van der Waals surface area contributed by atoms with Crippen LogP contribution in [0.15, 0.2) is 30.2 Å². The smallest absolute Gasteiger partial charge is 0.237 e. The summed E-state index contributed by atoms with van der Waals surface area (Å²) >= 11 is 1.66. The van der Waals surface area contributed by atoms with E-state index < -0.39 is 0 Å². The first-order valence-corrected chi connectivity index (χ1v) is 7.88. The molecule has 0 radical (unpaired) electrons. The van der Waals surface area contributed by atoms with Crippen LogP contribution in [0.25, 0.3) is 0 Å². The highest BCUT2D eigenvalue weighted by Gasteiger charge is 2.27. The van der Waals surface area contributed by atoms with Crippen molar-refractivity contribution in [3.05, 3.63) is 35.0 Å². The zero-order valence-electron chi connectivity index (χ0n) is 11.7. The van der Waals surface area contributed by atoms with Crippen molar-refractivity contribution in [1.29, 1.82) is 0 Å². The molecule has 1 atom stereocenters. The Morgan fingerprint density at radius 3 is 3.15 bits per heavy atom. The molecule has 5 heteroatoms. The van der Waals surface area contributed by atoms with E-state index in [0.29, 0.717) is 19.6 Å². The van der Waals surface area contributed by atoms with Gasteiger partial charge in [-0.1, -0.05) is 12.1 Å². The SMILES string of the molecule is C=CCN(Cc1cccs1)C(=O)CN1CCC[C@@H]1CO. The fourth-order valence-electron chi connectivity index (χ4n) is 2.58. The maximum absolute atomic E-state index is 12.4. The third-order valence-corrected chi connectivity index (χ3v) is 4.54. The van der Waals surface area contributed by atoms with Crippen LogP contribution in [0.1, 0.15) is 17.7 Å². The van der Waals surface area contributed by atoms with Crippen molar-refractivity contribution in [3.8, 4) is 0 Å². The maximum atomic E-state index is 12.4. The van der Waals surface area contributed by atoms with Crippen molar-refractivity contribution in [3.63, 3.8) is 0 Å². The van der Waals surface area contributed by atoms with Crippen molar-refractivity contribution in [2.24, 2.45) is 0 Å². The largest absolute Gasteiger partial charge is 0.395 e. The number of aliphatic hydroxyl groups excluding tert-OH is 1. The second kappa shape index (κ2) is 7.57. The number of amides is 1. The van der Waals surface area contributed by atoms with Crippen LogP contribution in [0.3, 0.4) is 0 Å². The molecule has 1 fully saturated rings. The summed E-state index contributed by atoms with van der Waals surface area (Å²) in [4.78, 5) is 17.5. The van der Waals surface area contributed by atoms with Gasteiger partial charge >= 0.3 is 0 Å². The molecule has 1 aliphatic rings. The molecule has 20 heavy (non-hydrogen) atoms. The monoisotopic (exact) mass is 294 g/mol. The molecule has 0 aromatic carbocycles. The molecule has 0 aliphatic carbocycles. The number of nitrogens with zero attached hydrogens (tertiary/aromatic N) is 2. The Morgan fingerprint density at radius 2 is 2.50 bits per heavy atom. The van der Waals surface area contributed by atoms with Crippen LogP contribution in [0, 0.1) is 0 Å². The zero-order chi connectivity index (χ0) is 14.4. The first kappa shape index (κ1) is 15.2. The number of aliphatic hydroxyl groups is 1. The number of hydrogen-bond donors (Lipinski definition) is 1. The summed E-state index contributed by atoms with van der Waals surface area (Å²) in [5.74, 6) is 0.110. The van der Waals surface area contributed by atoms with Gasteiger partial charge in [0.15, 0.2) is 0 Å². The molecule has 4 nitrogen and oxygen atoms in total. The highest BCUT2D eigenvalue weighted by molar-refractivity contribution is 7.09. The van der Waals surface area contributed by atoms with E-state index in [1.54, 1.807) is 17.4 Å². The topological polar surface area (TPSA) is 43.8 Å². The van der Waals surface area contributed by atoms with Gasteiger partial charge < -0.3 is 10.0 Å². The van der Waals surface area contributed by atoms with Crippen LogP contribution in [0.2, 0.25) is 0 Å². The first-order chi connectivity index (χ1) is 9.74. The van der Waals surface area contributed by atoms with E-state index in [0.717, 1.165) is 19.4 Å². The zero-order valence-corrected chi connectivity index (χ0v) is 12.5. The van der Waals surface area contributed by atoms with E-state index in [1.807, 2.05) is 22.4 Å². The predicted octanol–water partition coefficient (Wildman–Crippen LogP) is 1.72. The molecule has 110 valence electrons. The van der Waals surface area contributed by atoms with Gasteiger partial charge in [0.2, 0.25) is 5.91 Å². The average Bonchev–Trinajstić information content (AvgIpc) is 3.09. The van der Waals surface area contributed by atoms with Gasteiger partial charge in [-0.25, -0.2) is 0 Å². The third kappa shape index (κ3) is 3.91. The number of likely N-dealkylation sites (tertiary alicyclic amines) is 1. The van der Waals surface area contributed by atoms with E-state index >= 15 is 0 Å². The molecular weight excluding hydrogens is 272 g/mol. The summed E-state index contributed by atoms with van der Waals surface area (Å²) in [6, 6.07) is 4.19. The molecule has 0 saturated carbocycles. The quantitative estimate of drug-likeness (QED) is 0.779. The van der Waals surface area contributed by atoms with Gasteiger partial charge in [-0.3, -0.25) is 9.69 Å². The first-order valence-electron chi connectivity index (χ1n) is 7.00. The van der Waals surface area contributed by atoms with Crippen LogP contribution >= 0.6 is 11.3 Å². The molecule has 1 aromatic rings. The normalized spacial score (nSPS) is 19.1. The minimum Gasteiger partial charge on any atom is -0.395 e. The van der Waals surface area contributed by atoms with Crippen LogP contribution < -0.4 is 0 Å². The molecule has 2 heterocycles. The van der Waals surface area contributed by atoms with E-state index in [9.17, 15) is 9.90 Å². The molecule has 1 aromatic heterocycles. The molecule has 1 saturated heterocycles. The van der Waals surface area contributed by atoms with Gasteiger partial charge in [0.25, 0.3) is 0 Å². The lowest BCUT2D eigenvalue weighted by Gasteiger charge is -2.26. The minimum absolute atomic E-state index is 0.110. The Kier molecular flexibility index (Phi) is 5.76. The Balaban J connectivity index is 1.94. The molecule has 2 rings (SSSR count). The van der Waals surface area contributed by atoms with Crippen molar-refractivity contribution in [2.45, 2.75) is 25.4 Å². The Morgan fingerprint density at radius 1 is 1.65 bits per heavy atom. The fraction of sp³-hybridized carbons (Fsp3) is 0.533. The van der Waals surface area contributed by atoms with Crippen LogP contribution in [-0.4, -0.2) is 53.1 Å². The molecule has 1 amide bonds. The summed E-state index contributed by atoms with van der Waals surface area (Å²) in [6.45, 7) is 6.37. The van der Waals surface area contributed by atoms with Gasteiger partial charge in [0.1, 0.15) is 0 Å². The van der Waals surface area contributed by atoms with E-state index in [-0.39, 0.29) is 18.6 Å². The van der Waals surface area contributed by atoms with Gasteiger partial charge in [-0.05, 0) is 30.8 Å². The van der Waals surface area contributed by atoms with Crippen molar-refractivity contribution < 1.29 is 9.90 Å². The Labute approximate surface area is 124 Å². The summed E-state index contributed by atoms with van der Waals surface area (Å²) in [5.41, 5.74) is 0. The molecule has 0 bridgehead atoms. The maximum Gasteiger partial charge on any atom is 0.237 e. The van der Waals surface area contributed by atoms with Gasteiger partial charge in [-0.15, -0.1) is 17.9 Å². The molecular formula is C15H22N2O2S. The van der Waals surface area contributed by atoms with Gasteiger partial charge in [0, 0.05) is 17.5 Å². The summed E-state index contributed by atoms with van der Waals surface area (Å²) in [5, 5.41) is 11.3. The fourth-order valence-corrected chi connectivity index (χ4v) is 3.30. The Hall–Kier alpha value is -1.17. The lowest BCUT2D eigenvalue weighted by atomic mass is 10.2. The predicted molar refractivity (Wildman–Crippen MR) is 81.6 cm³/mol. The lowest BCUT2D eigenvalue weighted by Crippen LogP contribution is -2.43. The van der Waals surface area contributed by atoms with Gasteiger partial charge in [0.05, 0.1) is 19.7 Å². The van der Waals surface area contributed by atoms with Crippen LogP contribution in [0.4, 0.5) is 0 Å². The van der Waals surface area contributed by atoms with Crippen LogP contribution in [-0.2, 0) is 11.3 Å². The van der Waals surface area contributed by atoms with Crippen molar-refractivity contribution in [2.75, 3.05) is 26.2 Å². The highest BCUT2D eigenvalue weighted by Crippen LogP contribution is 2.17. The van der Waals surface area contributed by atoms with E-state index in [1.165, 1.54) is 4.88 Å². The number of rotatable bonds is 7. The minimum atomic E-state index is 0.110. The molecule has 0 unspecified atom stereocenters. The summed E-state index contributed by atoms with van der Waals surface area (Å²) < 4.78 is 0. The summed E-state index contributed by atoms with van der Waals surface area (Å²) in [7, 11) is 0. The standard InChI is InChI=1S/C15H22N2O2S/c1-2-7-17(10-14-6-4-9-20-14)15(19)11-16-8-3-5-13(16)12-18/h2,4,6,9,13,18H,1,3,5,7-8,10-12H2/t13-/m1/s1. The highest BCUT2D eigenvalue weighted by atomic mass is 32.1. The van der Waals surface area contributed by atoms with Crippen molar-refractivity contribution >= 4 is 17.2 Å². The number of hydrogen-bond acceptors (Lipinski definition) is 4. The van der Waals surface area contributed by atoms with Crippen molar-refractivity contribution in [1.82, 2.24) is 9.80 Å². The molecule has 0 spiro atoms. The number of carbonyl (C=O) groups is 1. The van der Waals surface area contributed by atoms with Gasteiger partial charge in [-0.2, -0.15) is 0 Å². The lowest BCUT2D eigenvalue weighted by molar-refractivity contribution is -0.132. The van der Waals surface area contributed by atoms with Crippen LogP contribution in [0.5, 0.6) is 0 Å².